The molecule has 0 fully saturated rings. The highest BCUT2D eigenvalue weighted by atomic mass is 19.4. The van der Waals surface area contributed by atoms with Gasteiger partial charge in [-0.1, -0.05) is 42.5 Å². The van der Waals surface area contributed by atoms with Crippen molar-refractivity contribution >= 4 is 22.5 Å². The van der Waals surface area contributed by atoms with Crippen molar-refractivity contribution in [3.63, 3.8) is 0 Å². The molecule has 0 radical (unpaired) electrons. The Labute approximate surface area is 142 Å². The zero-order valence-corrected chi connectivity index (χ0v) is 13.1. The molecule has 3 rings (SSSR count). The number of amides is 2. The van der Waals surface area contributed by atoms with Crippen molar-refractivity contribution in [3.05, 3.63) is 77.9 Å². The van der Waals surface area contributed by atoms with Crippen LogP contribution in [0.1, 0.15) is 11.1 Å². The van der Waals surface area contributed by atoms with Crippen LogP contribution in [0.4, 0.5) is 23.7 Å². The van der Waals surface area contributed by atoms with Crippen molar-refractivity contribution in [1.82, 2.24) is 5.32 Å². The van der Waals surface area contributed by atoms with Crippen LogP contribution in [0.5, 0.6) is 0 Å². The monoisotopic (exact) mass is 344 g/mol. The highest BCUT2D eigenvalue weighted by Gasteiger charge is 2.29. The lowest BCUT2D eigenvalue weighted by molar-refractivity contribution is -0.137. The number of halogens is 3. The van der Waals surface area contributed by atoms with E-state index in [9.17, 15) is 18.0 Å². The Hall–Kier alpha value is -3.02. The van der Waals surface area contributed by atoms with E-state index >= 15 is 0 Å². The third kappa shape index (κ3) is 4.29. The lowest BCUT2D eigenvalue weighted by atomic mass is 10.1. The summed E-state index contributed by atoms with van der Waals surface area (Å²) < 4.78 is 37.5. The largest absolute Gasteiger partial charge is 0.416 e. The molecule has 2 amide bonds. The Kier molecular flexibility index (Phi) is 4.61. The number of alkyl halides is 3. The maximum atomic E-state index is 12.5. The molecule has 0 aliphatic carbocycles. The minimum atomic E-state index is -4.36. The van der Waals surface area contributed by atoms with E-state index in [4.69, 9.17) is 0 Å². The molecule has 3 nitrogen and oxygen atoms in total. The number of nitrogens with one attached hydrogen (secondary N) is 2. The van der Waals surface area contributed by atoms with Gasteiger partial charge in [-0.2, -0.15) is 13.2 Å². The Balaban J connectivity index is 1.58. The normalized spacial score (nSPS) is 11.3. The third-order valence-electron chi connectivity index (χ3n) is 3.74. The summed E-state index contributed by atoms with van der Waals surface area (Å²) in [5.74, 6) is 0. The molecule has 0 atom stereocenters. The van der Waals surface area contributed by atoms with Crippen LogP contribution in [0.15, 0.2) is 66.7 Å². The fourth-order valence-electron chi connectivity index (χ4n) is 2.44. The van der Waals surface area contributed by atoms with Crippen molar-refractivity contribution in [3.8, 4) is 0 Å². The van der Waals surface area contributed by atoms with Gasteiger partial charge < -0.3 is 10.6 Å². The van der Waals surface area contributed by atoms with E-state index in [1.54, 1.807) is 6.07 Å². The van der Waals surface area contributed by atoms with E-state index in [2.05, 4.69) is 10.6 Å². The summed E-state index contributed by atoms with van der Waals surface area (Å²) in [4.78, 5) is 11.9. The fraction of sp³-hybridized carbons (Fsp3) is 0.105. The predicted octanol–water partition coefficient (Wildman–Crippen LogP) is 5.18. The molecule has 6 heteroatoms. The summed E-state index contributed by atoms with van der Waals surface area (Å²) in [7, 11) is 0. The molecule has 0 aliphatic heterocycles. The summed E-state index contributed by atoms with van der Waals surface area (Å²) in [6.45, 7) is 0.136. The van der Waals surface area contributed by atoms with Gasteiger partial charge in [0, 0.05) is 12.2 Å². The first kappa shape index (κ1) is 16.8. The van der Waals surface area contributed by atoms with Crippen LogP contribution < -0.4 is 10.6 Å². The van der Waals surface area contributed by atoms with Gasteiger partial charge in [-0.05, 0) is 40.6 Å². The number of urea groups is 1. The number of rotatable bonds is 3. The summed E-state index contributed by atoms with van der Waals surface area (Å²) in [5.41, 5.74) is 0.516. The zero-order chi connectivity index (χ0) is 17.9. The SMILES string of the molecule is O=C(NCc1ccc(C(F)(F)F)cc1)Nc1ccc2ccccc2c1. The quantitative estimate of drug-likeness (QED) is 0.675. The standard InChI is InChI=1S/C19H15F3N2O/c20-19(21,22)16-8-5-13(6-9-16)12-23-18(25)24-17-10-7-14-3-1-2-4-15(14)11-17/h1-11H,12H2,(H2,23,24,25). The number of carbonyl (C=O) groups excluding carboxylic acids is 1. The predicted molar refractivity (Wildman–Crippen MR) is 91.3 cm³/mol. The summed E-state index contributed by atoms with van der Waals surface area (Å²) >= 11 is 0. The van der Waals surface area contributed by atoms with Crippen molar-refractivity contribution in [2.45, 2.75) is 12.7 Å². The lowest BCUT2D eigenvalue weighted by Gasteiger charge is -2.10. The second kappa shape index (κ2) is 6.84. The molecule has 0 heterocycles. The van der Waals surface area contributed by atoms with Gasteiger partial charge in [0.25, 0.3) is 0 Å². The van der Waals surface area contributed by atoms with Crippen LogP contribution in [0.25, 0.3) is 10.8 Å². The van der Waals surface area contributed by atoms with Crippen LogP contribution in [-0.2, 0) is 12.7 Å². The molecule has 25 heavy (non-hydrogen) atoms. The van der Waals surface area contributed by atoms with Crippen molar-refractivity contribution < 1.29 is 18.0 Å². The number of hydrogen-bond acceptors (Lipinski definition) is 1. The number of fused-ring (bicyclic) bond motifs is 1. The van der Waals surface area contributed by atoms with E-state index in [-0.39, 0.29) is 6.54 Å². The summed E-state index contributed by atoms with van der Waals surface area (Å²) in [6.07, 6.45) is -4.36. The summed E-state index contributed by atoms with van der Waals surface area (Å²) in [5, 5.41) is 7.40. The van der Waals surface area contributed by atoms with Gasteiger partial charge in [0.1, 0.15) is 0 Å². The first-order valence-electron chi connectivity index (χ1n) is 7.61. The molecule has 0 aliphatic rings. The first-order valence-corrected chi connectivity index (χ1v) is 7.61. The maximum Gasteiger partial charge on any atom is 0.416 e. The number of hydrogen-bond donors (Lipinski definition) is 2. The van der Waals surface area contributed by atoms with E-state index < -0.39 is 17.8 Å². The lowest BCUT2D eigenvalue weighted by Crippen LogP contribution is -2.28. The molecule has 3 aromatic carbocycles. The van der Waals surface area contributed by atoms with Crippen molar-refractivity contribution in [2.75, 3.05) is 5.32 Å². The van der Waals surface area contributed by atoms with Gasteiger partial charge in [-0.3, -0.25) is 0 Å². The van der Waals surface area contributed by atoms with Crippen molar-refractivity contribution in [1.29, 1.82) is 0 Å². The number of carbonyl (C=O) groups is 1. The molecule has 128 valence electrons. The average Bonchev–Trinajstić information content (AvgIpc) is 2.59. The zero-order valence-electron chi connectivity index (χ0n) is 13.1. The Morgan fingerprint density at radius 1 is 0.880 bits per heavy atom. The molecule has 0 saturated carbocycles. The van der Waals surface area contributed by atoms with E-state index in [1.807, 2.05) is 36.4 Å². The van der Waals surface area contributed by atoms with E-state index in [0.717, 1.165) is 22.9 Å². The topological polar surface area (TPSA) is 41.1 Å². The third-order valence-corrected chi connectivity index (χ3v) is 3.74. The second-order valence-electron chi connectivity index (χ2n) is 5.56. The van der Waals surface area contributed by atoms with Gasteiger partial charge in [-0.25, -0.2) is 4.79 Å². The fourth-order valence-corrected chi connectivity index (χ4v) is 2.44. The molecule has 0 unspecified atom stereocenters. The molecular formula is C19H15F3N2O. The Bertz CT molecular complexity index is 889. The van der Waals surface area contributed by atoms with Crippen LogP contribution in [0.2, 0.25) is 0 Å². The molecular weight excluding hydrogens is 329 g/mol. The molecule has 0 aromatic heterocycles. The number of anilines is 1. The minimum absolute atomic E-state index is 0.136. The van der Waals surface area contributed by atoms with E-state index in [1.165, 1.54) is 12.1 Å². The maximum absolute atomic E-state index is 12.5. The van der Waals surface area contributed by atoms with E-state index in [0.29, 0.717) is 11.3 Å². The van der Waals surface area contributed by atoms with Gasteiger partial charge >= 0.3 is 12.2 Å². The van der Waals surface area contributed by atoms with Crippen LogP contribution in [0, 0.1) is 0 Å². The molecule has 0 saturated heterocycles. The highest BCUT2D eigenvalue weighted by Crippen LogP contribution is 2.29. The summed E-state index contributed by atoms with van der Waals surface area (Å²) in [6, 6.07) is 17.6. The average molecular weight is 344 g/mol. The molecule has 0 spiro atoms. The Morgan fingerprint density at radius 3 is 2.24 bits per heavy atom. The highest BCUT2D eigenvalue weighted by molar-refractivity contribution is 5.93. The van der Waals surface area contributed by atoms with Gasteiger partial charge in [0.2, 0.25) is 0 Å². The van der Waals surface area contributed by atoms with Crippen LogP contribution in [-0.4, -0.2) is 6.03 Å². The first-order chi connectivity index (χ1) is 11.9. The van der Waals surface area contributed by atoms with Crippen molar-refractivity contribution in [2.24, 2.45) is 0 Å². The van der Waals surface area contributed by atoms with Gasteiger partial charge in [0.05, 0.1) is 5.56 Å². The number of benzene rings is 3. The molecule has 2 N–H and O–H groups in total. The van der Waals surface area contributed by atoms with Gasteiger partial charge in [-0.15, -0.1) is 0 Å². The molecule has 3 aromatic rings. The van der Waals surface area contributed by atoms with Gasteiger partial charge in [0.15, 0.2) is 0 Å². The minimum Gasteiger partial charge on any atom is -0.334 e. The smallest absolute Gasteiger partial charge is 0.334 e. The van der Waals surface area contributed by atoms with Crippen LogP contribution in [0.3, 0.4) is 0 Å². The van der Waals surface area contributed by atoms with Crippen LogP contribution >= 0.6 is 0 Å². The second-order valence-corrected chi connectivity index (χ2v) is 5.56. The Morgan fingerprint density at radius 2 is 1.56 bits per heavy atom. The molecule has 0 bridgehead atoms.